The standard InChI is InChI=1S/C17H24F3N3O2/c1-15(2,3)25-14(24)22-16(4)7-9-23(10-8-16)13-6-5-12(11-21-13)17(18,19)20/h5-6,11H,7-10H2,1-4H3,(H,22,24). The van der Waals surface area contributed by atoms with Gasteiger partial charge in [0.2, 0.25) is 0 Å². The summed E-state index contributed by atoms with van der Waals surface area (Å²) in [7, 11) is 0. The van der Waals surface area contributed by atoms with Crippen molar-refractivity contribution in [3.05, 3.63) is 23.9 Å². The van der Waals surface area contributed by atoms with Gasteiger partial charge in [0.15, 0.2) is 0 Å². The highest BCUT2D eigenvalue weighted by molar-refractivity contribution is 5.68. The normalized spacial score (nSPS) is 18.0. The van der Waals surface area contributed by atoms with Crippen molar-refractivity contribution in [1.29, 1.82) is 0 Å². The number of nitrogens with zero attached hydrogens (tertiary/aromatic N) is 2. The highest BCUT2D eigenvalue weighted by atomic mass is 19.4. The molecule has 0 unspecified atom stereocenters. The van der Waals surface area contributed by atoms with Gasteiger partial charge in [-0.2, -0.15) is 13.2 Å². The number of hydrogen-bond acceptors (Lipinski definition) is 4. The first-order chi connectivity index (χ1) is 11.4. The third kappa shape index (κ3) is 5.51. The summed E-state index contributed by atoms with van der Waals surface area (Å²) in [6, 6.07) is 2.42. The van der Waals surface area contributed by atoms with Crippen LogP contribution in [-0.2, 0) is 10.9 Å². The summed E-state index contributed by atoms with van der Waals surface area (Å²) >= 11 is 0. The summed E-state index contributed by atoms with van der Waals surface area (Å²) in [5.74, 6) is 0.507. The van der Waals surface area contributed by atoms with E-state index in [2.05, 4.69) is 10.3 Å². The molecule has 8 heteroatoms. The van der Waals surface area contributed by atoms with Crippen LogP contribution in [0.2, 0.25) is 0 Å². The second kappa shape index (κ2) is 6.72. The van der Waals surface area contributed by atoms with Crippen LogP contribution in [0.25, 0.3) is 0 Å². The van der Waals surface area contributed by atoms with Gasteiger partial charge in [-0.1, -0.05) is 0 Å². The Labute approximate surface area is 145 Å². The van der Waals surface area contributed by atoms with Crippen molar-refractivity contribution in [2.24, 2.45) is 0 Å². The molecule has 1 fully saturated rings. The second-order valence-corrected chi connectivity index (χ2v) is 7.58. The maximum absolute atomic E-state index is 12.6. The maximum atomic E-state index is 12.6. The van der Waals surface area contributed by atoms with Crippen LogP contribution in [0.5, 0.6) is 0 Å². The zero-order chi connectivity index (χ0) is 18.9. The zero-order valence-corrected chi connectivity index (χ0v) is 14.9. The molecule has 1 aromatic rings. The molecule has 140 valence electrons. The molecule has 0 aromatic carbocycles. The van der Waals surface area contributed by atoms with Gasteiger partial charge in [0.25, 0.3) is 0 Å². The Hall–Kier alpha value is -1.99. The summed E-state index contributed by atoms with van der Waals surface area (Å²) in [5.41, 5.74) is -1.74. The highest BCUT2D eigenvalue weighted by Crippen LogP contribution is 2.30. The predicted octanol–water partition coefficient (Wildman–Crippen LogP) is 3.98. The van der Waals surface area contributed by atoms with E-state index in [-0.39, 0.29) is 0 Å². The molecule has 25 heavy (non-hydrogen) atoms. The third-order valence-electron chi connectivity index (χ3n) is 4.07. The van der Waals surface area contributed by atoms with Gasteiger partial charge in [-0.05, 0) is 52.7 Å². The summed E-state index contributed by atoms with van der Waals surface area (Å²) in [4.78, 5) is 17.8. The fourth-order valence-electron chi connectivity index (χ4n) is 2.65. The molecule has 0 bridgehead atoms. The van der Waals surface area contributed by atoms with Crippen LogP contribution in [0.3, 0.4) is 0 Å². The number of piperidine rings is 1. The van der Waals surface area contributed by atoms with Gasteiger partial charge in [0, 0.05) is 24.8 Å². The van der Waals surface area contributed by atoms with E-state index in [1.807, 2.05) is 11.8 Å². The molecule has 1 aromatic heterocycles. The van der Waals surface area contributed by atoms with E-state index in [9.17, 15) is 18.0 Å². The topological polar surface area (TPSA) is 54.5 Å². The molecule has 0 aliphatic carbocycles. The largest absolute Gasteiger partial charge is 0.444 e. The average molecular weight is 359 g/mol. The zero-order valence-electron chi connectivity index (χ0n) is 14.9. The fraction of sp³-hybridized carbons (Fsp3) is 0.647. The van der Waals surface area contributed by atoms with Gasteiger partial charge in [0.1, 0.15) is 11.4 Å². The molecule has 0 saturated carbocycles. The number of hydrogen-bond donors (Lipinski definition) is 1. The minimum Gasteiger partial charge on any atom is -0.444 e. The van der Waals surface area contributed by atoms with Crippen molar-refractivity contribution in [3.8, 4) is 0 Å². The van der Waals surface area contributed by atoms with Gasteiger partial charge in [-0.25, -0.2) is 9.78 Å². The van der Waals surface area contributed by atoms with Crippen molar-refractivity contribution in [2.75, 3.05) is 18.0 Å². The molecule has 1 saturated heterocycles. The van der Waals surface area contributed by atoms with Crippen LogP contribution >= 0.6 is 0 Å². The number of pyridine rings is 1. The van der Waals surface area contributed by atoms with Gasteiger partial charge in [-0.3, -0.25) is 0 Å². The maximum Gasteiger partial charge on any atom is 0.417 e. The van der Waals surface area contributed by atoms with E-state index >= 15 is 0 Å². The SMILES string of the molecule is CC1(NC(=O)OC(C)(C)C)CCN(c2ccc(C(F)(F)F)cn2)CC1. The lowest BCUT2D eigenvalue weighted by molar-refractivity contribution is -0.137. The van der Waals surface area contributed by atoms with Crippen LogP contribution in [0.15, 0.2) is 18.3 Å². The van der Waals surface area contributed by atoms with Crippen molar-refractivity contribution < 1.29 is 22.7 Å². The first kappa shape index (κ1) is 19.3. The predicted molar refractivity (Wildman–Crippen MR) is 88.5 cm³/mol. The monoisotopic (exact) mass is 359 g/mol. The number of alkyl carbamates (subject to hydrolysis) is 1. The van der Waals surface area contributed by atoms with E-state index in [1.165, 1.54) is 6.07 Å². The number of halogens is 3. The number of amides is 1. The number of rotatable bonds is 2. The smallest absolute Gasteiger partial charge is 0.417 e. The van der Waals surface area contributed by atoms with Crippen LogP contribution < -0.4 is 10.2 Å². The van der Waals surface area contributed by atoms with E-state index in [0.29, 0.717) is 31.7 Å². The Bertz CT molecular complexity index is 601. The number of carbonyl (C=O) groups excluding carboxylic acids is 1. The fourth-order valence-corrected chi connectivity index (χ4v) is 2.65. The van der Waals surface area contributed by atoms with Crippen LogP contribution in [0.4, 0.5) is 23.8 Å². The summed E-state index contributed by atoms with van der Waals surface area (Å²) in [6.07, 6.45) is -2.70. The minimum absolute atomic E-state index is 0.412. The van der Waals surface area contributed by atoms with Crippen LogP contribution in [-0.4, -0.2) is 35.3 Å². The number of carbonyl (C=O) groups is 1. The Morgan fingerprint density at radius 3 is 2.28 bits per heavy atom. The summed E-state index contributed by atoms with van der Waals surface area (Å²) in [6.45, 7) is 8.51. The number of nitrogens with one attached hydrogen (secondary N) is 1. The number of anilines is 1. The molecule has 2 heterocycles. The highest BCUT2D eigenvalue weighted by Gasteiger charge is 2.34. The van der Waals surface area contributed by atoms with Gasteiger partial charge < -0.3 is 15.0 Å². The first-order valence-electron chi connectivity index (χ1n) is 8.17. The number of aromatic nitrogens is 1. The van der Waals surface area contributed by atoms with E-state index in [0.717, 1.165) is 12.3 Å². The molecule has 0 radical (unpaired) electrons. The van der Waals surface area contributed by atoms with E-state index < -0.39 is 29.0 Å². The molecule has 0 atom stereocenters. The molecular formula is C17H24F3N3O2. The van der Waals surface area contributed by atoms with E-state index in [1.54, 1.807) is 20.8 Å². The summed E-state index contributed by atoms with van der Waals surface area (Å²) in [5, 5.41) is 2.90. The van der Waals surface area contributed by atoms with Gasteiger partial charge in [-0.15, -0.1) is 0 Å². The minimum atomic E-state index is -4.39. The Balaban J connectivity index is 1.93. The molecule has 1 N–H and O–H groups in total. The van der Waals surface area contributed by atoms with Crippen molar-refractivity contribution >= 4 is 11.9 Å². The Kier molecular flexibility index (Phi) is 5.20. The lowest BCUT2D eigenvalue weighted by Gasteiger charge is -2.40. The van der Waals surface area contributed by atoms with Crippen molar-refractivity contribution in [2.45, 2.75) is 57.9 Å². The van der Waals surface area contributed by atoms with Crippen molar-refractivity contribution in [1.82, 2.24) is 10.3 Å². The second-order valence-electron chi connectivity index (χ2n) is 7.58. The number of alkyl halides is 3. The molecule has 5 nitrogen and oxygen atoms in total. The quantitative estimate of drug-likeness (QED) is 0.868. The Morgan fingerprint density at radius 1 is 1.24 bits per heavy atom. The molecule has 0 spiro atoms. The molecule has 1 aliphatic rings. The lowest BCUT2D eigenvalue weighted by Crippen LogP contribution is -2.54. The molecular weight excluding hydrogens is 335 g/mol. The average Bonchev–Trinajstić information content (AvgIpc) is 2.44. The van der Waals surface area contributed by atoms with E-state index in [4.69, 9.17) is 4.74 Å². The van der Waals surface area contributed by atoms with Crippen molar-refractivity contribution in [3.63, 3.8) is 0 Å². The van der Waals surface area contributed by atoms with Crippen LogP contribution in [0.1, 0.15) is 46.1 Å². The Morgan fingerprint density at radius 2 is 1.84 bits per heavy atom. The van der Waals surface area contributed by atoms with Gasteiger partial charge in [0.05, 0.1) is 5.56 Å². The molecule has 1 aliphatic heterocycles. The molecule has 2 rings (SSSR count). The molecule has 1 amide bonds. The van der Waals surface area contributed by atoms with Gasteiger partial charge >= 0.3 is 12.3 Å². The first-order valence-corrected chi connectivity index (χ1v) is 8.17. The van der Waals surface area contributed by atoms with Crippen LogP contribution in [0, 0.1) is 0 Å². The third-order valence-corrected chi connectivity index (χ3v) is 4.07. The number of ether oxygens (including phenoxy) is 1. The lowest BCUT2D eigenvalue weighted by atomic mass is 9.90. The summed E-state index contributed by atoms with van der Waals surface area (Å²) < 4.78 is 43.1.